The van der Waals surface area contributed by atoms with E-state index in [9.17, 15) is 0 Å². The Morgan fingerprint density at radius 1 is 1.50 bits per heavy atom. The van der Waals surface area contributed by atoms with Crippen LogP contribution in [0.5, 0.6) is 0 Å². The third kappa shape index (κ3) is 22.4. The zero-order valence-corrected chi connectivity index (χ0v) is 9.61. The summed E-state index contributed by atoms with van der Waals surface area (Å²) >= 11 is 0. The maximum absolute atomic E-state index is 8.46. The van der Waals surface area contributed by atoms with Gasteiger partial charge in [0.05, 0.1) is 0 Å². The zero-order valence-electron chi connectivity index (χ0n) is 7.73. The van der Waals surface area contributed by atoms with Gasteiger partial charge >= 0.3 is 25.2 Å². The molecule has 2 nitrogen and oxygen atoms in total. The van der Waals surface area contributed by atoms with Crippen LogP contribution in [0.3, 0.4) is 0 Å². The van der Waals surface area contributed by atoms with Gasteiger partial charge in [-0.05, 0) is 0 Å². The van der Waals surface area contributed by atoms with Crippen molar-refractivity contribution in [2.24, 2.45) is 5.92 Å². The molecular formula is C8H18NiO2P+. The summed E-state index contributed by atoms with van der Waals surface area (Å²) in [6.07, 6.45) is 5.21. The van der Waals surface area contributed by atoms with Crippen LogP contribution in [0.25, 0.3) is 0 Å². The Labute approximate surface area is 87.3 Å². The molecule has 0 spiro atoms. The first-order chi connectivity index (χ1) is 5.22. The van der Waals surface area contributed by atoms with Crippen LogP contribution in [-0.4, -0.2) is 4.89 Å². The van der Waals surface area contributed by atoms with Crippen LogP contribution in [0.2, 0.25) is 0 Å². The molecule has 1 N–H and O–H groups in total. The summed E-state index contributed by atoms with van der Waals surface area (Å²) < 4.78 is 8.46. The third-order valence-corrected chi connectivity index (χ3v) is 1.54. The van der Waals surface area contributed by atoms with Crippen molar-refractivity contribution in [3.63, 3.8) is 0 Å². The molecule has 76 valence electrons. The predicted octanol–water partition coefficient (Wildman–Crippen LogP) is 3.22. The van der Waals surface area contributed by atoms with Crippen molar-refractivity contribution in [3.8, 4) is 0 Å². The zero-order chi connectivity index (χ0) is 9.11. The largest absolute Gasteiger partial charge is 2.00 e. The van der Waals surface area contributed by atoms with Gasteiger partial charge in [-0.15, -0.1) is 0 Å². The molecule has 0 saturated carbocycles. The van der Waals surface area contributed by atoms with E-state index in [0.29, 0.717) is 5.92 Å². The van der Waals surface area contributed by atoms with Crippen molar-refractivity contribution in [1.82, 2.24) is 0 Å². The van der Waals surface area contributed by atoms with E-state index in [1.54, 1.807) is 0 Å². The summed E-state index contributed by atoms with van der Waals surface area (Å²) in [6, 6.07) is 0. The normalized spacial score (nSPS) is 11.0. The first-order valence-electron chi connectivity index (χ1n) is 4.02. The maximum atomic E-state index is 8.46. The fourth-order valence-electron chi connectivity index (χ4n) is 0.697. The molecule has 0 saturated heterocycles. The van der Waals surface area contributed by atoms with E-state index < -0.39 is 8.69 Å². The minimum absolute atomic E-state index is 0. The van der Waals surface area contributed by atoms with E-state index in [4.69, 9.17) is 9.46 Å². The van der Waals surface area contributed by atoms with E-state index in [2.05, 4.69) is 20.8 Å². The first kappa shape index (κ1) is 18.4. The monoisotopic (exact) mass is 235 g/mol. The Hall–Kier alpha value is 0.554. The molecule has 0 radical (unpaired) electrons. The molecule has 0 heterocycles. The van der Waals surface area contributed by atoms with Crippen molar-refractivity contribution in [3.05, 3.63) is 6.92 Å². The van der Waals surface area contributed by atoms with E-state index >= 15 is 0 Å². The predicted molar refractivity (Wildman–Crippen MR) is 48.5 cm³/mol. The van der Waals surface area contributed by atoms with Crippen molar-refractivity contribution in [2.45, 2.75) is 39.5 Å². The Balaban J connectivity index is -0.000000177. The molecule has 0 aliphatic rings. The van der Waals surface area contributed by atoms with Gasteiger partial charge in [0.25, 0.3) is 0 Å². The number of unbranched alkanes of at least 4 members (excludes halogenated alkanes) is 1. The smallest absolute Gasteiger partial charge is 0.340 e. The van der Waals surface area contributed by atoms with E-state index in [0.717, 1.165) is 0 Å². The van der Waals surface area contributed by atoms with Gasteiger partial charge in [-0.2, -0.15) is 5.92 Å². The van der Waals surface area contributed by atoms with Gasteiger partial charge in [-0.25, -0.2) is 4.57 Å². The van der Waals surface area contributed by atoms with Gasteiger partial charge in [0, 0.05) is 0 Å². The van der Waals surface area contributed by atoms with E-state index in [1.807, 2.05) is 0 Å². The number of rotatable bonds is 4. The topological polar surface area (TPSA) is 37.3 Å². The molecule has 0 fully saturated rings. The van der Waals surface area contributed by atoms with Crippen molar-refractivity contribution in [2.75, 3.05) is 0 Å². The van der Waals surface area contributed by atoms with Crippen LogP contribution in [0.1, 0.15) is 39.5 Å². The summed E-state index contributed by atoms with van der Waals surface area (Å²) in [5.74, 6) is 0.704. The fraction of sp³-hybridized carbons (Fsp3) is 0.875. The molecule has 0 amide bonds. The van der Waals surface area contributed by atoms with Crippen LogP contribution in [0, 0.1) is 12.8 Å². The first-order valence-corrected chi connectivity index (χ1v) is 4.79. The van der Waals surface area contributed by atoms with Crippen molar-refractivity contribution >= 4 is 8.69 Å². The molecule has 0 bridgehead atoms. The Morgan fingerprint density at radius 2 is 1.92 bits per heavy atom. The van der Waals surface area contributed by atoms with Gasteiger partial charge in [-0.1, -0.05) is 39.5 Å². The molecule has 12 heavy (non-hydrogen) atoms. The summed E-state index contributed by atoms with van der Waals surface area (Å²) in [6.45, 7) is 8.42. The van der Waals surface area contributed by atoms with Crippen molar-refractivity contribution < 1.29 is 25.9 Å². The molecule has 1 unspecified atom stereocenters. The summed E-state index contributed by atoms with van der Waals surface area (Å²) in [4.78, 5) is 6.99. The molecule has 0 rings (SSSR count). The molecule has 0 aliphatic carbocycles. The number of hydrogen-bond acceptors (Lipinski definition) is 1. The van der Waals surface area contributed by atoms with Gasteiger partial charge in [0.1, 0.15) is 0 Å². The summed E-state index contributed by atoms with van der Waals surface area (Å²) in [5.41, 5.74) is 0. The Kier molecular flexibility index (Phi) is 26.9. The Bertz CT molecular complexity index is 81.5. The van der Waals surface area contributed by atoms with Crippen LogP contribution in [-0.2, 0) is 21.1 Å². The van der Waals surface area contributed by atoms with Crippen molar-refractivity contribution in [1.29, 1.82) is 0 Å². The van der Waals surface area contributed by atoms with E-state index in [-0.39, 0.29) is 16.5 Å². The minimum atomic E-state index is -0.833. The third-order valence-electron chi connectivity index (χ3n) is 1.54. The molecule has 4 heteroatoms. The van der Waals surface area contributed by atoms with Crippen LogP contribution in [0.15, 0.2) is 0 Å². The molecule has 1 atom stereocenters. The second-order valence-electron chi connectivity index (χ2n) is 2.50. The van der Waals surface area contributed by atoms with Gasteiger partial charge < -0.3 is 11.8 Å². The average molecular weight is 236 g/mol. The SMILES string of the molecule is O=PO.[CH2-]C(CC)CCCC.[Ni+2]. The van der Waals surface area contributed by atoms with Crippen LogP contribution < -0.4 is 0 Å². The fourth-order valence-corrected chi connectivity index (χ4v) is 0.697. The molecule has 0 aliphatic heterocycles. The Morgan fingerprint density at radius 3 is 2.17 bits per heavy atom. The molecular weight excluding hydrogens is 218 g/mol. The number of hydrogen-bond donors (Lipinski definition) is 1. The standard InChI is InChI=1S/C8H17.Ni.HO2P/c1-4-6-7-8(3)5-2;;1-3-2/h8H,3-7H2,1-2H3;;(H,1,2)/q-1;+2;. The second-order valence-corrected chi connectivity index (χ2v) is 2.66. The second kappa shape index (κ2) is 17.6. The van der Waals surface area contributed by atoms with Crippen LogP contribution in [0.4, 0.5) is 0 Å². The average Bonchev–Trinajstić information content (AvgIpc) is 2.02. The molecule has 0 aromatic rings. The molecule has 0 aromatic carbocycles. The maximum Gasteiger partial charge on any atom is 2.00 e. The minimum Gasteiger partial charge on any atom is -0.340 e. The summed E-state index contributed by atoms with van der Waals surface area (Å²) in [7, 11) is -0.833. The summed E-state index contributed by atoms with van der Waals surface area (Å²) in [5, 5.41) is 0. The van der Waals surface area contributed by atoms with E-state index in [1.165, 1.54) is 25.7 Å². The molecule has 0 aromatic heterocycles. The van der Waals surface area contributed by atoms with Crippen LogP contribution >= 0.6 is 8.69 Å². The van der Waals surface area contributed by atoms with Gasteiger partial charge in [0.2, 0.25) is 0 Å². The van der Waals surface area contributed by atoms with Gasteiger partial charge in [-0.3, -0.25) is 0 Å². The van der Waals surface area contributed by atoms with Gasteiger partial charge in [0.15, 0.2) is 0 Å². The quantitative estimate of drug-likeness (QED) is 0.462.